The van der Waals surface area contributed by atoms with E-state index in [1.807, 2.05) is 0 Å². The molecular weight excluding hydrogens is 688 g/mol. The molecule has 2 heterocycles. The molecule has 0 amide bonds. The Kier molecular flexibility index (Phi) is 10.9. The Balaban J connectivity index is 1.23. The predicted molar refractivity (Wildman–Crippen MR) is 174 cm³/mol. The van der Waals surface area contributed by atoms with Crippen LogP contribution in [0.4, 0.5) is 0 Å². The van der Waals surface area contributed by atoms with Gasteiger partial charge in [0.2, 0.25) is 5.78 Å². The van der Waals surface area contributed by atoms with Crippen LogP contribution in [-0.4, -0.2) is 159 Å². The van der Waals surface area contributed by atoms with Gasteiger partial charge in [0.15, 0.2) is 5.76 Å². The zero-order valence-corrected chi connectivity index (χ0v) is 28.6. The molecule has 7 rings (SSSR count). The van der Waals surface area contributed by atoms with Gasteiger partial charge in [-0.3, -0.25) is 9.59 Å². The van der Waals surface area contributed by atoms with E-state index in [1.165, 1.54) is 0 Å². The van der Waals surface area contributed by atoms with Gasteiger partial charge in [0.25, 0.3) is 0 Å². The lowest BCUT2D eigenvalue weighted by atomic mass is 9.63. The average Bonchev–Trinajstić information content (AvgIpc) is 3.20. The third-order valence-corrected chi connectivity index (χ3v) is 13.0. The van der Waals surface area contributed by atoms with Gasteiger partial charge in [-0.05, 0) is 81.3 Å². The minimum Gasteiger partial charge on any atom is -0.504 e. The molecule has 0 aromatic rings. The van der Waals surface area contributed by atoms with Gasteiger partial charge in [-0.2, -0.15) is 0 Å². The van der Waals surface area contributed by atoms with Crippen LogP contribution < -0.4 is 0 Å². The molecule has 0 radical (unpaired) electrons. The van der Waals surface area contributed by atoms with Gasteiger partial charge in [0.1, 0.15) is 18.3 Å². The molecule has 4 saturated carbocycles. The van der Waals surface area contributed by atoms with Crippen molar-refractivity contribution in [3.8, 4) is 0 Å². The molecule has 16 nitrogen and oxygen atoms in total. The molecule has 6 fully saturated rings. The molecule has 11 N–H and O–H groups in total. The number of hydrogen-bond acceptors (Lipinski definition) is 16. The summed E-state index contributed by atoms with van der Waals surface area (Å²) in [6.45, 7) is 0. The molecule has 0 aromatic carbocycles. The number of Topliss-reactive ketones (excluding diaryl/α,β-unsaturated/α-hetero) is 1. The summed E-state index contributed by atoms with van der Waals surface area (Å²) in [5.74, 6) is -7.63. The molecular formula is C36H52O16. The predicted octanol–water partition coefficient (Wildman–Crippen LogP) is -2.74. The molecule has 7 aliphatic rings. The third-order valence-electron chi connectivity index (χ3n) is 13.0. The first kappa shape index (κ1) is 38.2. The largest absolute Gasteiger partial charge is 0.504 e. The Bertz CT molecular complexity index is 1390. The number of rotatable bonds is 4. The van der Waals surface area contributed by atoms with Crippen LogP contribution in [0, 0.1) is 35.5 Å². The second-order valence-corrected chi connectivity index (χ2v) is 16.4. The van der Waals surface area contributed by atoms with E-state index in [9.17, 15) is 65.8 Å². The van der Waals surface area contributed by atoms with Gasteiger partial charge < -0.3 is 70.4 Å². The highest BCUT2D eigenvalue weighted by Crippen LogP contribution is 2.49. The molecule has 16 heteroatoms. The fourth-order valence-corrected chi connectivity index (χ4v) is 10.3. The number of aliphatic hydroxyl groups is 11. The number of carbonyl (C=O) groups excluding carboxylic acids is 2. The van der Waals surface area contributed by atoms with Crippen molar-refractivity contribution in [2.45, 2.75) is 149 Å². The van der Waals surface area contributed by atoms with Crippen molar-refractivity contribution in [2.24, 2.45) is 35.5 Å². The fourth-order valence-electron chi connectivity index (χ4n) is 10.3. The molecule has 52 heavy (non-hydrogen) atoms. The second-order valence-electron chi connectivity index (χ2n) is 16.4. The van der Waals surface area contributed by atoms with E-state index in [-0.39, 0.29) is 63.4 Å². The summed E-state index contributed by atoms with van der Waals surface area (Å²) >= 11 is 0. The highest BCUT2D eigenvalue weighted by molar-refractivity contribution is 5.97. The summed E-state index contributed by atoms with van der Waals surface area (Å²) in [5, 5.41) is 118. The first-order valence-corrected chi connectivity index (χ1v) is 18.6. The normalized spacial score (nSPS) is 52.6. The van der Waals surface area contributed by atoms with Gasteiger partial charge in [-0.25, -0.2) is 0 Å². The Morgan fingerprint density at radius 3 is 1.83 bits per heavy atom. The van der Waals surface area contributed by atoms with E-state index in [2.05, 4.69) is 0 Å². The minimum absolute atomic E-state index is 0.0480. The van der Waals surface area contributed by atoms with Crippen LogP contribution in [0.5, 0.6) is 0 Å². The molecule has 15 unspecified atom stereocenters. The maximum Gasteiger partial charge on any atom is 0.309 e. The second kappa shape index (κ2) is 14.9. The van der Waals surface area contributed by atoms with Crippen LogP contribution in [-0.2, 0) is 23.8 Å². The Hall–Kier alpha value is -2.06. The number of ether oxygens (including phenoxy) is 3. The lowest BCUT2D eigenvalue weighted by molar-refractivity contribution is -0.224. The Morgan fingerprint density at radius 2 is 1.19 bits per heavy atom. The topological polar surface area (TPSA) is 284 Å². The van der Waals surface area contributed by atoms with E-state index >= 15 is 0 Å². The van der Waals surface area contributed by atoms with Gasteiger partial charge in [0.05, 0.1) is 85.1 Å². The number of carbonyl (C=O) groups is 2. The summed E-state index contributed by atoms with van der Waals surface area (Å²) < 4.78 is 18.8. The molecule has 5 aliphatic carbocycles. The first-order valence-electron chi connectivity index (χ1n) is 18.6. The Morgan fingerprint density at radius 1 is 0.635 bits per heavy atom. The monoisotopic (exact) mass is 740 g/mol. The molecule has 2 saturated heterocycles. The molecule has 0 bridgehead atoms. The fraction of sp³-hybridized carbons (Fsp3) is 0.833. The van der Waals surface area contributed by atoms with Gasteiger partial charge in [-0.1, -0.05) is 6.08 Å². The maximum absolute atomic E-state index is 13.8. The van der Waals surface area contributed by atoms with Crippen LogP contribution in [0.3, 0.4) is 0 Å². The van der Waals surface area contributed by atoms with E-state index < -0.39 is 145 Å². The SMILES string of the molecule is O=C(O[C@@H]1CC2C(O)CC(O)CC2O[C@@H]1C1=CC2C(C(=O)C(O)=C1)C(O)C(O)CC2[C@H]1OC2CC(O)CC(O)C2C[C@H]1O)C1CC(O)C(O)C(O)C1. The number of esters is 1. The summed E-state index contributed by atoms with van der Waals surface area (Å²) in [6, 6.07) is 0. The van der Waals surface area contributed by atoms with Gasteiger partial charge in [-0.15, -0.1) is 0 Å². The van der Waals surface area contributed by atoms with E-state index in [0.717, 1.165) is 6.08 Å². The summed E-state index contributed by atoms with van der Waals surface area (Å²) in [7, 11) is 0. The highest BCUT2D eigenvalue weighted by atomic mass is 16.6. The number of hydrogen-bond donors (Lipinski definition) is 11. The quantitative estimate of drug-likeness (QED) is 0.130. The minimum atomic E-state index is -1.61. The molecule has 19 atom stereocenters. The van der Waals surface area contributed by atoms with E-state index in [1.54, 1.807) is 6.08 Å². The van der Waals surface area contributed by atoms with Gasteiger partial charge >= 0.3 is 5.97 Å². The molecule has 0 spiro atoms. The number of ketones is 1. The lowest BCUT2D eigenvalue weighted by Gasteiger charge is -2.51. The van der Waals surface area contributed by atoms with Crippen LogP contribution in [0.15, 0.2) is 23.5 Å². The van der Waals surface area contributed by atoms with Crippen molar-refractivity contribution >= 4 is 11.8 Å². The highest BCUT2D eigenvalue weighted by Gasteiger charge is 2.56. The van der Waals surface area contributed by atoms with Crippen LogP contribution in [0.25, 0.3) is 0 Å². The molecule has 2 aliphatic heterocycles. The molecule has 292 valence electrons. The first-order chi connectivity index (χ1) is 24.6. The lowest BCUT2D eigenvalue weighted by Crippen LogP contribution is -2.59. The van der Waals surface area contributed by atoms with Crippen LogP contribution in [0.2, 0.25) is 0 Å². The maximum atomic E-state index is 13.8. The smallest absolute Gasteiger partial charge is 0.309 e. The number of allylic oxidation sites excluding steroid dienone is 2. The van der Waals surface area contributed by atoms with Crippen molar-refractivity contribution < 1.29 is 80.0 Å². The summed E-state index contributed by atoms with van der Waals surface area (Å²) in [4.78, 5) is 27.4. The van der Waals surface area contributed by atoms with Crippen LogP contribution in [0.1, 0.15) is 57.8 Å². The van der Waals surface area contributed by atoms with Gasteiger partial charge in [0, 0.05) is 11.8 Å². The van der Waals surface area contributed by atoms with Crippen LogP contribution >= 0.6 is 0 Å². The summed E-state index contributed by atoms with van der Waals surface area (Å²) in [5.41, 5.74) is 0.170. The summed E-state index contributed by atoms with van der Waals surface area (Å²) in [6.07, 6.45) is -13.7. The van der Waals surface area contributed by atoms with E-state index in [0.29, 0.717) is 0 Å². The average molecular weight is 741 g/mol. The molecule has 0 aromatic heterocycles. The van der Waals surface area contributed by atoms with Crippen molar-refractivity contribution in [1.82, 2.24) is 0 Å². The van der Waals surface area contributed by atoms with Crippen molar-refractivity contribution in [3.63, 3.8) is 0 Å². The standard InChI is InChI=1S/C36H52O16/c37-14-5-20(39)18-10-26(45)35(51-27(18)7-14)17-9-25(44)33(48)30-16(17)1-12(2-24(43)32(30)47)34-29(11-19-21(40)6-15(38)8-28(19)50-34)52-36(49)13-3-22(41)31(46)23(42)4-13/h1-2,13-23,25-31,33-35,37-46,48H,3-11H2/t13?,14?,15?,16?,17?,18?,19?,20?,21?,22?,23?,25?,26-,27?,28?,29-,30?,31?,33?,34-,35-/m1/s1. The third kappa shape index (κ3) is 7.10. The zero-order valence-electron chi connectivity index (χ0n) is 28.6. The zero-order chi connectivity index (χ0) is 37.3. The van der Waals surface area contributed by atoms with Crippen molar-refractivity contribution in [3.05, 3.63) is 23.5 Å². The van der Waals surface area contributed by atoms with E-state index in [4.69, 9.17) is 14.2 Å². The van der Waals surface area contributed by atoms with Crippen molar-refractivity contribution in [2.75, 3.05) is 0 Å². The number of aliphatic hydroxyl groups excluding tert-OH is 11. The number of fused-ring (bicyclic) bond motifs is 3. The Labute approximate surface area is 299 Å². The van der Waals surface area contributed by atoms with Crippen molar-refractivity contribution in [1.29, 1.82) is 0 Å².